The topological polar surface area (TPSA) is 0 Å². The predicted octanol–water partition coefficient (Wildman–Crippen LogP) is 5.44. The van der Waals surface area contributed by atoms with Gasteiger partial charge >= 0.3 is 35.0 Å². The van der Waals surface area contributed by atoms with Crippen molar-refractivity contribution in [3.05, 3.63) is 60.7 Å². The third-order valence-electron chi connectivity index (χ3n) is 3.76. The third-order valence-corrected chi connectivity index (χ3v) is 6.71. The smallest absolute Gasteiger partial charge is 0 e. The molecule has 0 amide bonds. The van der Waals surface area contributed by atoms with Crippen molar-refractivity contribution in [1.29, 1.82) is 0 Å². The number of hydrogen-bond donors (Lipinski definition) is 0. The number of hydrogen-bond acceptors (Lipinski definition) is 0. The Morgan fingerprint density at radius 3 is 1.50 bits per heavy atom. The maximum atomic E-state index is 4.81. The predicted molar refractivity (Wildman–Crippen MR) is 93.0 cm³/mol. The van der Waals surface area contributed by atoms with Crippen LogP contribution in [0.5, 0.6) is 0 Å². The maximum absolute atomic E-state index is 4.81. The summed E-state index contributed by atoms with van der Waals surface area (Å²) in [4.78, 5) is 0. The molecule has 0 nitrogen and oxygen atoms in total. The summed E-state index contributed by atoms with van der Waals surface area (Å²) in [5.41, 5.74) is 0.893. The van der Waals surface area contributed by atoms with Gasteiger partial charge in [0, 0.05) is 17.1 Å². The van der Waals surface area contributed by atoms with Gasteiger partial charge in [-0.15, -0.1) is 0 Å². The van der Waals surface area contributed by atoms with E-state index in [1.165, 1.54) is 25.7 Å². The number of benzene rings is 2. The van der Waals surface area contributed by atoms with Crippen molar-refractivity contribution in [2.75, 3.05) is 0 Å². The van der Waals surface area contributed by atoms with Crippen molar-refractivity contribution in [3.8, 4) is 0 Å². The van der Waals surface area contributed by atoms with E-state index < -0.39 is 0 Å². The third kappa shape index (κ3) is 6.26. The molecule has 0 aromatic heterocycles. The first-order valence-electron chi connectivity index (χ1n) is 7.08. The van der Waals surface area contributed by atoms with Crippen LogP contribution in [0.1, 0.15) is 25.7 Å². The van der Waals surface area contributed by atoms with Crippen LogP contribution in [0.4, 0.5) is 0 Å². The molecule has 2 aromatic rings. The van der Waals surface area contributed by atoms with Gasteiger partial charge in [-0.2, -0.15) is 0 Å². The van der Waals surface area contributed by atoms with Gasteiger partial charge in [0.25, 0.3) is 0 Å². The van der Waals surface area contributed by atoms with Crippen molar-refractivity contribution < 1.29 is 33.0 Å². The van der Waals surface area contributed by atoms with E-state index in [1.807, 2.05) is 0 Å². The zero-order valence-corrected chi connectivity index (χ0v) is 17.1. The normalized spacial score (nSPS) is 14.3. The summed E-state index contributed by atoms with van der Waals surface area (Å²) in [7, 11) is 9.48. The van der Waals surface area contributed by atoms with Crippen LogP contribution in [-0.2, 0) is 33.0 Å². The zero-order valence-electron chi connectivity index (χ0n) is 12.1. The largest absolute Gasteiger partial charge is 0.0622 e. The summed E-state index contributed by atoms with van der Waals surface area (Å²) in [6.45, 7) is 0. The monoisotopic (exact) mass is 486 g/mol. The molecule has 1 fully saturated rings. The molecule has 2 aromatic carbocycles. The van der Waals surface area contributed by atoms with Crippen molar-refractivity contribution in [3.63, 3.8) is 0 Å². The van der Waals surface area contributed by atoms with E-state index in [0.29, 0.717) is 0 Å². The van der Waals surface area contributed by atoms with Crippen molar-refractivity contribution in [2.45, 2.75) is 31.3 Å². The van der Waals surface area contributed by atoms with Crippen LogP contribution in [0.15, 0.2) is 60.7 Å². The maximum Gasteiger partial charge on any atom is 0 e. The Balaban J connectivity index is 0.000000562. The summed E-state index contributed by atoms with van der Waals surface area (Å²) in [5, 5.41) is 3.09. The summed E-state index contributed by atoms with van der Waals surface area (Å²) in [5.74, 6) is 0. The van der Waals surface area contributed by atoms with Gasteiger partial charge in [0.05, 0.1) is 0 Å². The average Bonchev–Trinajstić information content (AvgIpc) is 3.05. The molecule has 0 atom stereocenters. The summed E-state index contributed by atoms with van der Waals surface area (Å²) in [6, 6.07) is 22.2. The fourth-order valence-corrected chi connectivity index (χ4v) is 5.92. The van der Waals surface area contributed by atoms with Crippen LogP contribution >= 0.6 is 27.0 Å². The van der Waals surface area contributed by atoms with Crippen LogP contribution in [0.2, 0.25) is 0 Å². The second kappa shape index (κ2) is 12.1. The van der Waals surface area contributed by atoms with E-state index in [9.17, 15) is 0 Å². The van der Waals surface area contributed by atoms with E-state index in [0.717, 1.165) is 5.66 Å². The van der Waals surface area contributed by atoms with Gasteiger partial charge in [-0.3, -0.25) is 0 Å². The van der Waals surface area contributed by atoms with Crippen LogP contribution in [-0.4, -0.2) is 5.66 Å². The second-order valence-corrected chi connectivity index (χ2v) is 9.89. The molecular formula is C17H19Cl2FePPd. The Labute approximate surface area is 161 Å². The first-order chi connectivity index (χ1) is 10.4. The first kappa shape index (κ1) is 20.7. The number of halogens is 2. The van der Waals surface area contributed by atoms with E-state index in [1.54, 1.807) is 10.6 Å². The molecule has 0 bridgehead atoms. The van der Waals surface area contributed by atoms with E-state index >= 15 is 0 Å². The van der Waals surface area contributed by atoms with E-state index in [-0.39, 0.29) is 40.9 Å². The Morgan fingerprint density at radius 2 is 1.14 bits per heavy atom. The molecule has 0 unspecified atom stereocenters. The van der Waals surface area contributed by atoms with Crippen molar-refractivity contribution in [2.24, 2.45) is 0 Å². The molecule has 3 rings (SSSR count). The average molecular weight is 487 g/mol. The minimum Gasteiger partial charge on any atom is -0.0622 e. The SMILES string of the molecule is [Cl][Pd][Cl].[Fe].c1ccc(P(c2ccccc2)C2CCCC2)cc1. The molecule has 0 radical (unpaired) electrons. The molecule has 1 saturated carbocycles. The summed E-state index contributed by atoms with van der Waals surface area (Å²) < 4.78 is 0. The molecule has 22 heavy (non-hydrogen) atoms. The molecule has 0 heterocycles. The molecule has 1 aliphatic rings. The van der Waals surface area contributed by atoms with E-state index in [4.69, 9.17) is 19.1 Å². The van der Waals surface area contributed by atoms with Gasteiger partial charge in [-0.25, -0.2) is 0 Å². The van der Waals surface area contributed by atoms with Gasteiger partial charge in [-0.05, 0) is 37.0 Å². The zero-order chi connectivity index (χ0) is 14.9. The van der Waals surface area contributed by atoms with Crippen LogP contribution in [0.25, 0.3) is 0 Å². The molecular weight excluding hydrogens is 468 g/mol. The second-order valence-electron chi connectivity index (χ2n) is 5.02. The van der Waals surface area contributed by atoms with Gasteiger partial charge in [0.1, 0.15) is 0 Å². The Hall–Kier alpha value is 0.632. The Morgan fingerprint density at radius 1 is 0.773 bits per heavy atom. The fraction of sp³-hybridized carbons (Fsp3) is 0.294. The molecule has 0 saturated heterocycles. The van der Waals surface area contributed by atoms with Crippen LogP contribution in [0, 0.1) is 0 Å². The molecule has 0 aliphatic heterocycles. The van der Waals surface area contributed by atoms with Gasteiger partial charge in [0.15, 0.2) is 0 Å². The molecule has 0 spiro atoms. The van der Waals surface area contributed by atoms with Crippen LogP contribution < -0.4 is 10.6 Å². The first-order valence-corrected chi connectivity index (χ1v) is 12.5. The van der Waals surface area contributed by atoms with Gasteiger partial charge in [-0.1, -0.05) is 73.5 Å². The van der Waals surface area contributed by atoms with Crippen molar-refractivity contribution in [1.82, 2.24) is 0 Å². The van der Waals surface area contributed by atoms with E-state index in [2.05, 4.69) is 60.7 Å². The standard InChI is InChI=1S/C17H19P.2ClH.Fe.Pd/c1-3-9-15(10-4-1)18(17-13-7-8-14-17)16-11-5-2-6-12-16;;;;/h1-6,9-12,17H,7-8,13-14H2;2*1H;;/q;;;;+2/p-2. The van der Waals surface area contributed by atoms with Gasteiger partial charge < -0.3 is 0 Å². The van der Waals surface area contributed by atoms with Gasteiger partial charge in [0.2, 0.25) is 0 Å². The summed E-state index contributed by atoms with van der Waals surface area (Å²) >= 11 is -0.106. The Kier molecular flexibility index (Phi) is 11.3. The van der Waals surface area contributed by atoms with Crippen LogP contribution in [0.3, 0.4) is 0 Å². The fourth-order valence-electron chi connectivity index (χ4n) is 2.91. The Bertz CT molecular complexity index is 467. The molecule has 124 valence electrons. The number of rotatable bonds is 3. The minimum atomic E-state index is -0.152. The molecule has 5 heteroatoms. The summed E-state index contributed by atoms with van der Waals surface area (Å²) in [6.07, 6.45) is 5.66. The quantitative estimate of drug-likeness (QED) is 0.400. The molecule has 0 N–H and O–H groups in total. The minimum absolute atomic E-state index is 0. The van der Waals surface area contributed by atoms with Crippen molar-refractivity contribution >= 4 is 37.6 Å². The molecule has 1 aliphatic carbocycles.